The smallest absolute Gasteiger partial charge is 0.308 e. The molecule has 4 aromatic rings. The van der Waals surface area contributed by atoms with Gasteiger partial charge >= 0.3 is 23.9 Å². The van der Waals surface area contributed by atoms with Crippen LogP contribution in [0.3, 0.4) is 0 Å². The van der Waals surface area contributed by atoms with Gasteiger partial charge in [-0.25, -0.2) is 0 Å². The van der Waals surface area contributed by atoms with Crippen molar-refractivity contribution >= 4 is 57.4 Å². The summed E-state index contributed by atoms with van der Waals surface area (Å²) in [4.78, 5) is 73.4. The molecule has 2 heterocycles. The molecule has 0 atom stereocenters. The first-order chi connectivity index (χ1) is 17.9. The molecule has 12 heteroatoms. The lowest BCUT2D eigenvalue weighted by Crippen LogP contribution is -2.17. The van der Waals surface area contributed by atoms with Gasteiger partial charge in [0.25, 0.3) is 0 Å². The fraction of sp³-hybridized carbons (Fsp3) is 0.154. The maximum Gasteiger partial charge on any atom is 0.308 e. The second kappa shape index (κ2) is 8.69. The Labute approximate surface area is 212 Å². The van der Waals surface area contributed by atoms with Crippen LogP contribution in [0.2, 0.25) is 0 Å². The molecule has 12 nitrogen and oxygen atoms in total. The Hall–Kier alpha value is -5.26. The Morgan fingerprint density at radius 3 is 1.11 bits per heavy atom. The first-order valence-corrected chi connectivity index (χ1v) is 11.0. The molecule has 192 valence electrons. The van der Waals surface area contributed by atoms with Gasteiger partial charge in [-0.3, -0.25) is 28.8 Å². The predicted octanol–water partition coefficient (Wildman–Crippen LogP) is 3.66. The van der Waals surface area contributed by atoms with Crippen molar-refractivity contribution in [3.63, 3.8) is 0 Å². The van der Waals surface area contributed by atoms with Gasteiger partial charge in [0.15, 0.2) is 34.5 Å². The largest absolute Gasteiger partial charge is 0.452 e. The lowest BCUT2D eigenvalue weighted by molar-refractivity contribution is -0.134. The monoisotopic (exact) mass is 520 g/mol. The standard InChI is InChI=1S/C26H16O12/c1-9(27)33-17-5-13-15(7-19(17)35-11(3)29)37-25-21(13)23(31)26-22(24(25)32)14-6-18(34-10(2)28)20(36-12(4)30)8-16(14)38-26/h5-8H,1-4H3. The molecule has 0 radical (unpaired) electrons. The molecule has 0 N–H and O–H groups in total. The molecular formula is C26H16O12. The van der Waals surface area contributed by atoms with Gasteiger partial charge in [-0.15, -0.1) is 0 Å². The number of hydrogen-bond donors (Lipinski definition) is 0. The molecule has 0 unspecified atom stereocenters. The third-order valence-corrected chi connectivity index (χ3v) is 5.39. The van der Waals surface area contributed by atoms with Gasteiger partial charge in [0, 0.05) is 50.6 Å². The zero-order valence-corrected chi connectivity index (χ0v) is 20.2. The highest BCUT2D eigenvalue weighted by atomic mass is 16.6. The first-order valence-electron chi connectivity index (χ1n) is 11.0. The average Bonchev–Trinajstić information content (AvgIpc) is 3.35. The average molecular weight is 520 g/mol. The summed E-state index contributed by atoms with van der Waals surface area (Å²) in [6.07, 6.45) is 0. The number of esters is 4. The number of ketones is 2. The van der Waals surface area contributed by atoms with Gasteiger partial charge in [-0.05, 0) is 12.1 Å². The van der Waals surface area contributed by atoms with Crippen molar-refractivity contribution in [2.45, 2.75) is 27.7 Å². The highest BCUT2D eigenvalue weighted by Crippen LogP contribution is 2.44. The second-order valence-corrected chi connectivity index (χ2v) is 8.24. The quantitative estimate of drug-likeness (QED) is 0.250. The van der Waals surface area contributed by atoms with Crippen LogP contribution in [0.25, 0.3) is 21.9 Å². The van der Waals surface area contributed by atoms with Crippen LogP contribution in [-0.4, -0.2) is 35.4 Å². The summed E-state index contributed by atoms with van der Waals surface area (Å²) in [6, 6.07) is 4.93. The molecule has 2 aromatic heterocycles. The Morgan fingerprint density at radius 2 is 0.816 bits per heavy atom. The maximum atomic E-state index is 13.6. The van der Waals surface area contributed by atoms with Crippen LogP contribution in [0, 0.1) is 0 Å². The normalized spacial score (nSPS) is 12.2. The van der Waals surface area contributed by atoms with Crippen LogP contribution in [0.5, 0.6) is 23.0 Å². The van der Waals surface area contributed by atoms with Crippen molar-refractivity contribution in [3.05, 3.63) is 46.9 Å². The molecule has 0 saturated heterocycles. The number of hydrogen-bond acceptors (Lipinski definition) is 12. The second-order valence-electron chi connectivity index (χ2n) is 8.24. The van der Waals surface area contributed by atoms with E-state index in [1.54, 1.807) is 0 Å². The Bertz CT molecular complexity index is 1630. The van der Waals surface area contributed by atoms with E-state index in [4.69, 9.17) is 27.8 Å². The Balaban J connectivity index is 1.72. The van der Waals surface area contributed by atoms with E-state index in [-0.39, 0.29) is 67.6 Å². The number of ether oxygens (including phenoxy) is 4. The number of furan rings is 2. The summed E-state index contributed by atoms with van der Waals surface area (Å²) in [7, 11) is 0. The minimum absolute atomic E-state index is 0.0102. The van der Waals surface area contributed by atoms with Gasteiger partial charge in [0.1, 0.15) is 11.2 Å². The third kappa shape index (κ3) is 3.97. The van der Waals surface area contributed by atoms with E-state index in [1.165, 1.54) is 24.3 Å². The van der Waals surface area contributed by atoms with Crippen molar-refractivity contribution in [1.29, 1.82) is 0 Å². The summed E-state index contributed by atoms with van der Waals surface area (Å²) in [5.74, 6) is -5.59. The fourth-order valence-corrected chi connectivity index (χ4v) is 4.14. The van der Waals surface area contributed by atoms with E-state index in [1.807, 2.05) is 0 Å². The topological polar surface area (TPSA) is 166 Å². The number of carbonyl (C=O) groups excluding carboxylic acids is 6. The summed E-state index contributed by atoms with van der Waals surface area (Å²) in [6.45, 7) is 4.55. The number of benzene rings is 2. The molecule has 5 rings (SSSR count). The van der Waals surface area contributed by atoms with Crippen molar-refractivity contribution in [2.75, 3.05) is 0 Å². The van der Waals surface area contributed by atoms with Crippen LogP contribution in [0.15, 0.2) is 33.1 Å². The molecular weight excluding hydrogens is 504 g/mol. The number of rotatable bonds is 4. The molecule has 0 spiro atoms. The molecule has 1 aliphatic rings. The van der Waals surface area contributed by atoms with Gasteiger partial charge in [-0.2, -0.15) is 0 Å². The van der Waals surface area contributed by atoms with Gasteiger partial charge in [0.2, 0.25) is 11.6 Å². The molecule has 1 aliphatic carbocycles. The summed E-state index contributed by atoms with van der Waals surface area (Å²) in [5, 5.41) is 0.218. The van der Waals surface area contributed by atoms with Crippen molar-refractivity contribution in [3.8, 4) is 23.0 Å². The molecule has 0 bridgehead atoms. The Kier molecular flexibility index (Phi) is 5.59. The van der Waals surface area contributed by atoms with Crippen LogP contribution in [-0.2, 0) is 19.2 Å². The van der Waals surface area contributed by atoms with Crippen molar-refractivity contribution in [2.24, 2.45) is 0 Å². The van der Waals surface area contributed by atoms with E-state index in [9.17, 15) is 28.8 Å². The van der Waals surface area contributed by atoms with Crippen LogP contribution < -0.4 is 18.9 Å². The number of fused-ring (bicyclic) bond motifs is 6. The summed E-state index contributed by atoms with van der Waals surface area (Å²) in [5.41, 5.74) is -0.286. The van der Waals surface area contributed by atoms with Crippen LogP contribution >= 0.6 is 0 Å². The SMILES string of the molecule is CC(=O)Oc1cc2oc3c(c2cc1OC(C)=O)C(=O)c1oc2cc(OC(C)=O)c(OC(C)=O)cc2c1C3=O. The lowest BCUT2D eigenvalue weighted by atomic mass is 9.90. The highest BCUT2D eigenvalue weighted by molar-refractivity contribution is 6.33. The van der Waals surface area contributed by atoms with Crippen molar-refractivity contribution in [1.82, 2.24) is 0 Å². The zero-order chi connectivity index (χ0) is 27.5. The van der Waals surface area contributed by atoms with Crippen molar-refractivity contribution < 1.29 is 56.5 Å². The molecule has 0 fully saturated rings. The maximum absolute atomic E-state index is 13.6. The van der Waals surface area contributed by atoms with E-state index < -0.39 is 35.4 Å². The predicted molar refractivity (Wildman–Crippen MR) is 125 cm³/mol. The first kappa shape index (κ1) is 24.4. The molecule has 2 aromatic carbocycles. The van der Waals surface area contributed by atoms with E-state index in [0.717, 1.165) is 27.7 Å². The zero-order valence-electron chi connectivity index (χ0n) is 20.2. The van der Waals surface area contributed by atoms with Gasteiger partial charge in [0.05, 0.1) is 11.1 Å². The van der Waals surface area contributed by atoms with E-state index >= 15 is 0 Å². The minimum Gasteiger partial charge on any atom is -0.452 e. The molecule has 0 saturated carbocycles. The summed E-state index contributed by atoms with van der Waals surface area (Å²) >= 11 is 0. The van der Waals surface area contributed by atoms with E-state index in [2.05, 4.69) is 0 Å². The van der Waals surface area contributed by atoms with Gasteiger partial charge in [-0.1, -0.05) is 0 Å². The van der Waals surface area contributed by atoms with E-state index in [0.29, 0.717) is 0 Å². The highest BCUT2D eigenvalue weighted by Gasteiger charge is 2.40. The van der Waals surface area contributed by atoms with Crippen LogP contribution in [0.4, 0.5) is 0 Å². The molecule has 0 aliphatic heterocycles. The minimum atomic E-state index is -0.721. The third-order valence-electron chi connectivity index (χ3n) is 5.39. The fourth-order valence-electron chi connectivity index (χ4n) is 4.14. The lowest BCUT2D eigenvalue weighted by Gasteiger charge is -2.10. The number of carbonyl (C=O) groups is 6. The summed E-state index contributed by atoms with van der Waals surface area (Å²) < 4.78 is 31.8. The molecule has 0 amide bonds. The van der Waals surface area contributed by atoms with Gasteiger partial charge < -0.3 is 27.8 Å². The van der Waals surface area contributed by atoms with Crippen LogP contribution in [0.1, 0.15) is 59.9 Å². The Morgan fingerprint density at radius 1 is 0.526 bits per heavy atom. The molecule has 38 heavy (non-hydrogen) atoms.